The molecular weight excluding hydrogens is 394 g/mol. The number of aromatic hydroxyl groups is 1. The molecule has 0 aliphatic heterocycles. The number of methoxy groups -OCH3 is 2. The van der Waals surface area contributed by atoms with E-state index in [1.54, 1.807) is 44.6 Å². The van der Waals surface area contributed by atoms with Gasteiger partial charge in [-0.1, -0.05) is 48.5 Å². The van der Waals surface area contributed by atoms with E-state index >= 15 is 0 Å². The SMILES string of the molecule is COc1ccc(C(N)(CCc2ccccc2)C(O)COc2ccccc2O)cc1OC. The molecule has 4 N–H and O–H groups in total. The number of ether oxygens (including phenoxy) is 3. The maximum Gasteiger partial charge on any atom is 0.161 e. The third-order valence-electron chi connectivity index (χ3n) is 5.45. The van der Waals surface area contributed by atoms with Crippen molar-refractivity contribution in [1.82, 2.24) is 0 Å². The van der Waals surface area contributed by atoms with Crippen molar-refractivity contribution < 1.29 is 24.4 Å². The summed E-state index contributed by atoms with van der Waals surface area (Å²) in [6.45, 7) is -0.0861. The van der Waals surface area contributed by atoms with E-state index < -0.39 is 11.6 Å². The van der Waals surface area contributed by atoms with Gasteiger partial charge in [-0.15, -0.1) is 0 Å². The molecule has 3 aromatic rings. The molecule has 2 atom stereocenters. The Morgan fingerprint density at radius 1 is 0.871 bits per heavy atom. The first-order valence-electron chi connectivity index (χ1n) is 10.1. The summed E-state index contributed by atoms with van der Waals surface area (Å²) >= 11 is 0. The summed E-state index contributed by atoms with van der Waals surface area (Å²) in [5.41, 5.74) is 7.53. The van der Waals surface area contributed by atoms with Gasteiger partial charge < -0.3 is 30.2 Å². The van der Waals surface area contributed by atoms with Gasteiger partial charge in [0.15, 0.2) is 23.0 Å². The molecule has 0 saturated heterocycles. The fraction of sp³-hybridized carbons (Fsp3) is 0.280. The minimum Gasteiger partial charge on any atom is -0.504 e. The van der Waals surface area contributed by atoms with Crippen LogP contribution in [0.15, 0.2) is 72.8 Å². The molecule has 0 amide bonds. The van der Waals surface area contributed by atoms with E-state index in [2.05, 4.69) is 0 Å². The van der Waals surface area contributed by atoms with Gasteiger partial charge in [0.25, 0.3) is 0 Å². The van der Waals surface area contributed by atoms with Gasteiger partial charge in [-0.3, -0.25) is 0 Å². The Hall–Kier alpha value is -3.22. The van der Waals surface area contributed by atoms with E-state index in [4.69, 9.17) is 19.9 Å². The van der Waals surface area contributed by atoms with Gasteiger partial charge in [-0.2, -0.15) is 0 Å². The Bertz CT molecular complexity index is 979. The Morgan fingerprint density at radius 3 is 2.23 bits per heavy atom. The van der Waals surface area contributed by atoms with Crippen molar-refractivity contribution in [2.24, 2.45) is 5.73 Å². The lowest BCUT2D eigenvalue weighted by atomic mass is 9.80. The molecule has 0 aliphatic carbocycles. The van der Waals surface area contributed by atoms with Crippen molar-refractivity contribution in [3.8, 4) is 23.0 Å². The summed E-state index contributed by atoms with van der Waals surface area (Å²) in [6.07, 6.45) is 0.0887. The third-order valence-corrected chi connectivity index (χ3v) is 5.45. The van der Waals surface area contributed by atoms with E-state index in [1.165, 1.54) is 6.07 Å². The summed E-state index contributed by atoms with van der Waals surface area (Å²) in [6, 6.07) is 22.0. The Balaban J connectivity index is 1.88. The Labute approximate surface area is 182 Å². The third kappa shape index (κ3) is 5.29. The number of nitrogens with two attached hydrogens (primary N) is 1. The molecule has 0 radical (unpaired) electrons. The monoisotopic (exact) mass is 423 g/mol. The summed E-state index contributed by atoms with van der Waals surface area (Å²) in [4.78, 5) is 0. The van der Waals surface area contributed by atoms with Crippen LogP contribution in [0.25, 0.3) is 0 Å². The maximum absolute atomic E-state index is 11.1. The van der Waals surface area contributed by atoms with Crippen LogP contribution in [0, 0.1) is 0 Å². The first-order chi connectivity index (χ1) is 15.0. The lowest BCUT2D eigenvalue weighted by molar-refractivity contribution is 0.0325. The molecule has 6 nitrogen and oxygen atoms in total. The first kappa shape index (κ1) is 22.5. The molecule has 0 aromatic heterocycles. The number of benzene rings is 3. The van der Waals surface area contributed by atoms with E-state index in [-0.39, 0.29) is 12.4 Å². The van der Waals surface area contributed by atoms with Gasteiger partial charge in [0.05, 0.1) is 19.8 Å². The maximum atomic E-state index is 11.1. The minimum atomic E-state index is -1.13. The average molecular weight is 424 g/mol. The predicted molar refractivity (Wildman–Crippen MR) is 120 cm³/mol. The summed E-state index contributed by atoms with van der Waals surface area (Å²) < 4.78 is 16.4. The zero-order chi connectivity index (χ0) is 22.3. The zero-order valence-corrected chi connectivity index (χ0v) is 17.8. The second kappa shape index (κ2) is 10.2. The number of hydrogen-bond acceptors (Lipinski definition) is 6. The molecular formula is C25H29NO5. The highest BCUT2D eigenvalue weighted by Gasteiger charge is 2.37. The Morgan fingerprint density at radius 2 is 1.55 bits per heavy atom. The van der Waals surface area contributed by atoms with Gasteiger partial charge in [-0.05, 0) is 48.2 Å². The molecule has 0 spiro atoms. The minimum absolute atomic E-state index is 0.00715. The van der Waals surface area contributed by atoms with E-state index in [1.807, 2.05) is 36.4 Å². The first-order valence-corrected chi connectivity index (χ1v) is 10.1. The number of rotatable bonds is 10. The standard InChI is InChI=1S/C25H29NO5/c1-29-22-13-12-19(16-23(22)30-2)25(26,15-14-18-8-4-3-5-9-18)24(28)17-31-21-11-7-6-10-20(21)27/h3-13,16,24,27-28H,14-15,17,26H2,1-2H3. The Kier molecular flexibility index (Phi) is 7.39. The smallest absolute Gasteiger partial charge is 0.161 e. The van der Waals surface area contributed by atoms with E-state index in [0.717, 1.165) is 5.56 Å². The van der Waals surface area contributed by atoms with Crippen LogP contribution >= 0.6 is 0 Å². The summed E-state index contributed by atoms with van der Waals surface area (Å²) in [5, 5.41) is 21.1. The summed E-state index contributed by atoms with van der Waals surface area (Å²) in [7, 11) is 3.12. The van der Waals surface area contributed by atoms with Crippen LogP contribution in [-0.4, -0.2) is 37.1 Å². The van der Waals surface area contributed by atoms with E-state index in [9.17, 15) is 10.2 Å². The molecule has 6 heteroatoms. The number of hydrogen-bond donors (Lipinski definition) is 3. The van der Waals surface area contributed by atoms with Crippen LogP contribution in [0.1, 0.15) is 17.5 Å². The molecule has 0 bridgehead atoms. The zero-order valence-electron chi connectivity index (χ0n) is 17.8. The van der Waals surface area contributed by atoms with Gasteiger partial charge >= 0.3 is 0 Å². The lowest BCUT2D eigenvalue weighted by Gasteiger charge is -2.35. The van der Waals surface area contributed by atoms with Crippen molar-refractivity contribution >= 4 is 0 Å². The molecule has 164 valence electrons. The van der Waals surface area contributed by atoms with E-state index in [0.29, 0.717) is 35.7 Å². The van der Waals surface area contributed by atoms with Crippen LogP contribution in [0.4, 0.5) is 0 Å². The molecule has 0 fully saturated rings. The van der Waals surface area contributed by atoms with Crippen molar-refractivity contribution in [3.63, 3.8) is 0 Å². The highest BCUT2D eigenvalue weighted by Crippen LogP contribution is 2.36. The van der Waals surface area contributed by atoms with Crippen LogP contribution in [-0.2, 0) is 12.0 Å². The number of phenolic OH excluding ortho intramolecular Hbond substituents is 1. The normalized spacial score (nSPS) is 13.8. The number of aliphatic hydroxyl groups excluding tert-OH is 1. The molecule has 31 heavy (non-hydrogen) atoms. The van der Waals surface area contributed by atoms with Gasteiger partial charge in [-0.25, -0.2) is 0 Å². The fourth-order valence-electron chi connectivity index (χ4n) is 3.52. The molecule has 0 aliphatic rings. The molecule has 2 unspecified atom stereocenters. The van der Waals surface area contributed by atoms with Crippen LogP contribution in [0.3, 0.4) is 0 Å². The van der Waals surface area contributed by atoms with Crippen LogP contribution in [0.2, 0.25) is 0 Å². The molecule has 3 aromatic carbocycles. The van der Waals surface area contributed by atoms with Crippen molar-refractivity contribution in [2.45, 2.75) is 24.5 Å². The summed E-state index contributed by atoms with van der Waals surface area (Å²) in [5.74, 6) is 1.41. The fourth-order valence-corrected chi connectivity index (χ4v) is 3.52. The predicted octanol–water partition coefficient (Wildman–Crippen LogP) is 3.64. The highest BCUT2D eigenvalue weighted by atomic mass is 16.5. The number of para-hydroxylation sites is 2. The lowest BCUT2D eigenvalue weighted by Crippen LogP contribution is -2.51. The number of phenols is 1. The van der Waals surface area contributed by atoms with Crippen LogP contribution in [0.5, 0.6) is 23.0 Å². The van der Waals surface area contributed by atoms with Crippen molar-refractivity contribution in [2.75, 3.05) is 20.8 Å². The van der Waals surface area contributed by atoms with Crippen LogP contribution < -0.4 is 19.9 Å². The second-order valence-corrected chi connectivity index (χ2v) is 7.39. The topological polar surface area (TPSA) is 94.2 Å². The largest absolute Gasteiger partial charge is 0.504 e. The number of aryl methyl sites for hydroxylation is 1. The van der Waals surface area contributed by atoms with Crippen molar-refractivity contribution in [3.05, 3.63) is 83.9 Å². The number of aliphatic hydroxyl groups is 1. The second-order valence-electron chi connectivity index (χ2n) is 7.39. The molecule has 0 heterocycles. The average Bonchev–Trinajstić information content (AvgIpc) is 2.82. The van der Waals surface area contributed by atoms with Gasteiger partial charge in [0, 0.05) is 0 Å². The quantitative estimate of drug-likeness (QED) is 0.461. The molecule has 0 saturated carbocycles. The van der Waals surface area contributed by atoms with Gasteiger partial charge in [0.2, 0.25) is 0 Å². The molecule has 3 rings (SSSR count). The van der Waals surface area contributed by atoms with Gasteiger partial charge in [0.1, 0.15) is 12.7 Å². The highest BCUT2D eigenvalue weighted by molar-refractivity contribution is 5.45. The van der Waals surface area contributed by atoms with Crippen molar-refractivity contribution in [1.29, 1.82) is 0 Å².